The van der Waals surface area contributed by atoms with Crippen LogP contribution in [0.25, 0.3) is 0 Å². The van der Waals surface area contributed by atoms with E-state index in [1.165, 1.54) is 44.3 Å². The molecule has 2 N–H and O–H groups in total. The Hall–Kier alpha value is -0.860. The molecule has 108 valence electrons. The molecule has 0 saturated heterocycles. The van der Waals surface area contributed by atoms with E-state index in [0.29, 0.717) is 0 Å². The number of nitrogens with zero attached hydrogens (tertiary/aromatic N) is 1. The summed E-state index contributed by atoms with van der Waals surface area (Å²) >= 11 is 0. The fraction of sp³-hybridized carbons (Fsp3) is 0.647. The van der Waals surface area contributed by atoms with Crippen LogP contribution in [0, 0.1) is 0 Å². The molecule has 0 aromatic heterocycles. The predicted octanol–water partition coefficient (Wildman–Crippen LogP) is 3.46. The minimum Gasteiger partial charge on any atom is -0.326 e. The normalized spacial score (nSPS) is 12.8. The van der Waals surface area contributed by atoms with E-state index in [1.54, 1.807) is 0 Å². The zero-order chi connectivity index (χ0) is 13.9. The lowest BCUT2D eigenvalue weighted by Gasteiger charge is -2.25. The minimum atomic E-state index is 0.246. The topological polar surface area (TPSA) is 29.3 Å². The largest absolute Gasteiger partial charge is 0.326 e. The lowest BCUT2D eigenvalue weighted by Crippen LogP contribution is -2.39. The smallest absolute Gasteiger partial charge is 0.0208 e. The van der Waals surface area contributed by atoms with Gasteiger partial charge in [-0.1, -0.05) is 57.0 Å². The van der Waals surface area contributed by atoms with E-state index in [1.807, 2.05) is 0 Å². The van der Waals surface area contributed by atoms with Crippen LogP contribution in [0.1, 0.15) is 45.1 Å². The summed E-state index contributed by atoms with van der Waals surface area (Å²) in [4.78, 5) is 2.54. The Morgan fingerprint density at radius 2 is 1.58 bits per heavy atom. The highest BCUT2D eigenvalue weighted by Crippen LogP contribution is 2.05. The van der Waals surface area contributed by atoms with E-state index >= 15 is 0 Å². The van der Waals surface area contributed by atoms with Gasteiger partial charge < -0.3 is 10.6 Å². The van der Waals surface area contributed by atoms with Gasteiger partial charge >= 0.3 is 0 Å². The Bertz CT molecular complexity index is 302. The second kappa shape index (κ2) is 9.99. The summed E-state index contributed by atoms with van der Waals surface area (Å²) in [6.07, 6.45) is 6.06. The summed E-state index contributed by atoms with van der Waals surface area (Å²) in [5.41, 5.74) is 7.66. The summed E-state index contributed by atoms with van der Waals surface area (Å²) in [5, 5.41) is 0. The molecule has 0 fully saturated rings. The molecule has 0 aliphatic heterocycles. The minimum absolute atomic E-state index is 0.246. The second-order valence-corrected chi connectivity index (χ2v) is 5.46. The Balaban J connectivity index is 2.38. The van der Waals surface area contributed by atoms with E-state index in [2.05, 4.69) is 49.1 Å². The van der Waals surface area contributed by atoms with Crippen LogP contribution < -0.4 is 5.73 Å². The molecule has 0 radical (unpaired) electrons. The average molecular weight is 262 g/mol. The highest BCUT2D eigenvalue weighted by Gasteiger charge is 2.10. The maximum atomic E-state index is 6.31. The molecular formula is C17H30N2. The van der Waals surface area contributed by atoms with Gasteiger partial charge in [0, 0.05) is 12.6 Å². The van der Waals surface area contributed by atoms with Crippen LogP contribution >= 0.6 is 0 Å². The summed E-state index contributed by atoms with van der Waals surface area (Å²) in [6.45, 7) is 7.91. The molecule has 1 aromatic carbocycles. The number of rotatable bonds is 10. The van der Waals surface area contributed by atoms with Crippen LogP contribution in [0.5, 0.6) is 0 Å². The molecule has 0 spiro atoms. The second-order valence-electron chi connectivity index (χ2n) is 5.46. The van der Waals surface area contributed by atoms with Gasteiger partial charge in [-0.2, -0.15) is 0 Å². The molecule has 19 heavy (non-hydrogen) atoms. The number of hydrogen-bond donors (Lipinski definition) is 1. The highest BCUT2D eigenvalue weighted by molar-refractivity contribution is 5.15. The van der Waals surface area contributed by atoms with Crippen molar-refractivity contribution in [2.45, 2.75) is 52.0 Å². The molecule has 1 atom stereocenters. The lowest BCUT2D eigenvalue weighted by atomic mass is 10.1. The van der Waals surface area contributed by atoms with Gasteiger partial charge in [0.05, 0.1) is 0 Å². The molecule has 1 aromatic rings. The van der Waals surface area contributed by atoms with Crippen LogP contribution in [0.2, 0.25) is 0 Å². The zero-order valence-electron chi connectivity index (χ0n) is 12.6. The van der Waals surface area contributed by atoms with Crippen molar-refractivity contribution in [3.8, 4) is 0 Å². The van der Waals surface area contributed by atoms with E-state index in [9.17, 15) is 0 Å². The SMILES string of the molecule is CCCCN(CCCC)CC(N)Cc1ccccc1. The van der Waals surface area contributed by atoms with Gasteiger partial charge in [0.1, 0.15) is 0 Å². The Kier molecular flexibility index (Phi) is 8.52. The van der Waals surface area contributed by atoms with Gasteiger partial charge in [-0.15, -0.1) is 0 Å². The van der Waals surface area contributed by atoms with Crippen LogP contribution in [0.3, 0.4) is 0 Å². The van der Waals surface area contributed by atoms with Crippen molar-refractivity contribution in [1.29, 1.82) is 0 Å². The molecule has 0 saturated carbocycles. The number of benzene rings is 1. The summed E-state index contributed by atoms with van der Waals surface area (Å²) in [7, 11) is 0. The van der Waals surface area contributed by atoms with Gasteiger partial charge in [0.25, 0.3) is 0 Å². The fourth-order valence-electron chi connectivity index (χ4n) is 2.37. The van der Waals surface area contributed by atoms with Crippen molar-refractivity contribution in [3.05, 3.63) is 35.9 Å². The van der Waals surface area contributed by atoms with Gasteiger partial charge in [-0.05, 0) is 37.9 Å². The molecule has 0 aliphatic rings. The van der Waals surface area contributed by atoms with Crippen molar-refractivity contribution < 1.29 is 0 Å². The molecule has 2 nitrogen and oxygen atoms in total. The summed E-state index contributed by atoms with van der Waals surface area (Å²) in [5.74, 6) is 0. The van der Waals surface area contributed by atoms with E-state index in [-0.39, 0.29) is 6.04 Å². The monoisotopic (exact) mass is 262 g/mol. The van der Waals surface area contributed by atoms with E-state index in [0.717, 1.165) is 13.0 Å². The molecule has 1 rings (SSSR count). The third-order valence-electron chi connectivity index (χ3n) is 3.49. The lowest BCUT2D eigenvalue weighted by molar-refractivity contribution is 0.248. The maximum Gasteiger partial charge on any atom is 0.0208 e. The predicted molar refractivity (Wildman–Crippen MR) is 84.4 cm³/mol. The van der Waals surface area contributed by atoms with Gasteiger partial charge in [-0.3, -0.25) is 0 Å². The number of nitrogens with two attached hydrogens (primary N) is 1. The summed E-state index contributed by atoms with van der Waals surface area (Å²) in [6, 6.07) is 10.8. The zero-order valence-corrected chi connectivity index (χ0v) is 12.6. The first-order chi connectivity index (χ1) is 9.26. The molecular weight excluding hydrogens is 232 g/mol. The first-order valence-corrected chi connectivity index (χ1v) is 7.78. The molecule has 0 heterocycles. The van der Waals surface area contributed by atoms with Crippen LogP contribution in [0.4, 0.5) is 0 Å². The van der Waals surface area contributed by atoms with Crippen molar-refractivity contribution in [3.63, 3.8) is 0 Å². The third kappa shape index (κ3) is 7.34. The van der Waals surface area contributed by atoms with Crippen molar-refractivity contribution in [2.75, 3.05) is 19.6 Å². The first-order valence-electron chi connectivity index (χ1n) is 7.78. The van der Waals surface area contributed by atoms with Gasteiger partial charge in [0.2, 0.25) is 0 Å². The highest BCUT2D eigenvalue weighted by atomic mass is 15.1. The number of unbranched alkanes of at least 4 members (excludes halogenated alkanes) is 2. The van der Waals surface area contributed by atoms with Crippen molar-refractivity contribution in [2.24, 2.45) is 5.73 Å². The standard InChI is InChI=1S/C17H30N2/c1-3-5-12-19(13-6-4-2)15-17(18)14-16-10-8-7-9-11-16/h7-11,17H,3-6,12-15,18H2,1-2H3. The molecule has 2 heteroatoms. The van der Waals surface area contributed by atoms with Gasteiger partial charge in [-0.25, -0.2) is 0 Å². The quantitative estimate of drug-likeness (QED) is 0.699. The van der Waals surface area contributed by atoms with Crippen LogP contribution in [0.15, 0.2) is 30.3 Å². The van der Waals surface area contributed by atoms with Crippen molar-refractivity contribution >= 4 is 0 Å². The van der Waals surface area contributed by atoms with E-state index in [4.69, 9.17) is 5.73 Å². The molecule has 1 unspecified atom stereocenters. The average Bonchev–Trinajstić information content (AvgIpc) is 2.43. The molecule has 0 bridgehead atoms. The van der Waals surface area contributed by atoms with Crippen LogP contribution in [-0.2, 0) is 6.42 Å². The molecule has 0 amide bonds. The van der Waals surface area contributed by atoms with Crippen molar-refractivity contribution in [1.82, 2.24) is 4.90 Å². The summed E-state index contributed by atoms with van der Waals surface area (Å²) < 4.78 is 0. The molecule has 0 aliphatic carbocycles. The fourth-order valence-corrected chi connectivity index (χ4v) is 2.37. The van der Waals surface area contributed by atoms with E-state index < -0.39 is 0 Å². The Morgan fingerprint density at radius 3 is 2.11 bits per heavy atom. The Morgan fingerprint density at radius 1 is 1.00 bits per heavy atom. The van der Waals surface area contributed by atoms with Crippen LogP contribution in [-0.4, -0.2) is 30.6 Å². The third-order valence-corrected chi connectivity index (χ3v) is 3.49. The van der Waals surface area contributed by atoms with Gasteiger partial charge in [0.15, 0.2) is 0 Å². The maximum absolute atomic E-state index is 6.31. The number of hydrogen-bond acceptors (Lipinski definition) is 2. The first kappa shape index (κ1) is 16.2. The Labute approximate surface area is 119 Å².